The van der Waals surface area contributed by atoms with Gasteiger partial charge in [-0.3, -0.25) is 5.43 Å². The van der Waals surface area contributed by atoms with E-state index in [0.717, 1.165) is 35.9 Å². The molecule has 1 aromatic carbocycles. The molecule has 1 aliphatic rings. The van der Waals surface area contributed by atoms with Gasteiger partial charge < -0.3 is 4.90 Å². The highest BCUT2D eigenvalue weighted by Gasteiger charge is 2.23. The minimum atomic E-state index is 0.348. The first kappa shape index (κ1) is 17.5. The van der Waals surface area contributed by atoms with Crippen LogP contribution in [0, 0.1) is 6.92 Å². The average Bonchev–Trinajstić information content (AvgIpc) is 3.32. The van der Waals surface area contributed by atoms with Crippen LogP contribution in [0.3, 0.4) is 0 Å². The van der Waals surface area contributed by atoms with Crippen molar-refractivity contribution in [2.45, 2.75) is 19.8 Å². The summed E-state index contributed by atoms with van der Waals surface area (Å²) >= 11 is 5.76. The van der Waals surface area contributed by atoms with E-state index in [9.17, 15) is 0 Å². The highest BCUT2D eigenvalue weighted by atomic mass is 35.5. The lowest BCUT2D eigenvalue weighted by atomic mass is 10.2. The Bertz CT molecular complexity index is 929. The summed E-state index contributed by atoms with van der Waals surface area (Å²) in [7, 11) is 0. The number of hydrogen-bond donors (Lipinski definition) is 1. The third kappa shape index (κ3) is 3.78. The molecule has 138 valence electrons. The van der Waals surface area contributed by atoms with E-state index in [1.54, 1.807) is 18.3 Å². The lowest BCUT2D eigenvalue weighted by Crippen LogP contribution is -2.22. The Balaban J connectivity index is 1.67. The van der Waals surface area contributed by atoms with Gasteiger partial charge in [0.05, 0.1) is 23.2 Å². The zero-order valence-electron chi connectivity index (χ0n) is 15.0. The molecule has 3 heterocycles. The Morgan fingerprint density at radius 2 is 1.85 bits per heavy atom. The van der Waals surface area contributed by atoms with Crippen molar-refractivity contribution in [3.8, 4) is 5.69 Å². The zero-order valence-corrected chi connectivity index (χ0v) is 15.8. The number of hydrazone groups is 1. The van der Waals surface area contributed by atoms with E-state index >= 15 is 0 Å². The summed E-state index contributed by atoms with van der Waals surface area (Å²) in [6.45, 7) is 4.05. The molecule has 0 amide bonds. The molecule has 7 nitrogen and oxygen atoms in total. The van der Waals surface area contributed by atoms with Gasteiger partial charge in [-0.15, -0.1) is 10.2 Å². The molecule has 1 saturated heterocycles. The summed E-state index contributed by atoms with van der Waals surface area (Å²) in [5, 5.41) is 17.2. The summed E-state index contributed by atoms with van der Waals surface area (Å²) in [5.74, 6) is 1.61. The van der Waals surface area contributed by atoms with Gasteiger partial charge in [-0.1, -0.05) is 29.8 Å². The minimum absolute atomic E-state index is 0.348. The van der Waals surface area contributed by atoms with Gasteiger partial charge in [-0.05, 0) is 44.0 Å². The van der Waals surface area contributed by atoms with Crippen LogP contribution in [0.2, 0.25) is 5.15 Å². The molecule has 1 N–H and O–H groups in total. The molecule has 1 fully saturated rings. The maximum absolute atomic E-state index is 5.76. The van der Waals surface area contributed by atoms with Crippen molar-refractivity contribution < 1.29 is 0 Å². The largest absolute Gasteiger partial charge is 0.356 e. The Morgan fingerprint density at radius 3 is 2.56 bits per heavy atom. The lowest BCUT2D eigenvalue weighted by molar-refractivity contribution is 0.815. The summed E-state index contributed by atoms with van der Waals surface area (Å²) in [6, 6.07) is 13.6. The smallest absolute Gasteiger partial charge is 0.168 e. The van der Waals surface area contributed by atoms with Gasteiger partial charge in [0.2, 0.25) is 0 Å². The van der Waals surface area contributed by atoms with Crippen LogP contribution in [0.4, 0.5) is 11.6 Å². The van der Waals surface area contributed by atoms with Crippen molar-refractivity contribution >= 4 is 29.5 Å². The molecule has 8 heteroatoms. The van der Waals surface area contributed by atoms with Gasteiger partial charge in [0.1, 0.15) is 5.82 Å². The molecule has 1 aliphatic heterocycles. The zero-order chi connectivity index (χ0) is 18.6. The Labute approximate surface area is 162 Å². The first-order valence-corrected chi connectivity index (χ1v) is 9.28. The number of anilines is 2. The number of benzene rings is 1. The van der Waals surface area contributed by atoms with Crippen LogP contribution in [0.15, 0.2) is 47.6 Å². The number of rotatable bonds is 5. The quantitative estimate of drug-likeness (QED) is 0.539. The highest BCUT2D eigenvalue weighted by Crippen LogP contribution is 2.29. The summed E-state index contributed by atoms with van der Waals surface area (Å²) in [6.07, 6.45) is 4.17. The van der Waals surface area contributed by atoms with Crippen LogP contribution in [0.25, 0.3) is 5.69 Å². The Morgan fingerprint density at radius 1 is 1.07 bits per heavy atom. The molecule has 0 aliphatic carbocycles. The van der Waals surface area contributed by atoms with Gasteiger partial charge in [0, 0.05) is 13.1 Å². The average molecular weight is 382 g/mol. The fourth-order valence-electron chi connectivity index (χ4n) is 3.20. The maximum Gasteiger partial charge on any atom is 0.168 e. The normalized spacial score (nSPS) is 14.2. The van der Waals surface area contributed by atoms with Crippen LogP contribution in [-0.2, 0) is 0 Å². The van der Waals surface area contributed by atoms with Gasteiger partial charge in [0.15, 0.2) is 11.0 Å². The number of halogens is 1. The number of nitrogens with one attached hydrogen (secondary N) is 1. The van der Waals surface area contributed by atoms with Gasteiger partial charge >= 0.3 is 0 Å². The van der Waals surface area contributed by atoms with Gasteiger partial charge in [-0.25, -0.2) is 4.68 Å². The number of aryl methyl sites for hydroxylation is 1. The van der Waals surface area contributed by atoms with Gasteiger partial charge in [-0.2, -0.15) is 10.2 Å². The van der Waals surface area contributed by atoms with Crippen LogP contribution in [0.5, 0.6) is 0 Å². The first-order chi connectivity index (χ1) is 13.2. The van der Waals surface area contributed by atoms with Gasteiger partial charge in [0.25, 0.3) is 0 Å². The van der Waals surface area contributed by atoms with Crippen LogP contribution in [-0.4, -0.2) is 39.3 Å². The standard InChI is InChI=1S/C19H20ClN7/c1-14-16(13-21-23-18-10-9-17(20)22-24-18)19(26-11-5-6-12-26)27(25-14)15-7-3-2-4-8-15/h2-4,7-10,13H,5-6,11-12H2,1H3,(H,23,24)/b21-13+. The van der Waals surface area contributed by atoms with Crippen LogP contribution in [0.1, 0.15) is 24.1 Å². The fourth-order valence-corrected chi connectivity index (χ4v) is 3.30. The van der Waals surface area contributed by atoms with E-state index in [1.165, 1.54) is 12.8 Å². The summed E-state index contributed by atoms with van der Waals surface area (Å²) in [4.78, 5) is 2.37. The SMILES string of the molecule is Cc1nn(-c2ccccc2)c(N2CCCC2)c1/C=N/Nc1ccc(Cl)nn1. The summed E-state index contributed by atoms with van der Waals surface area (Å²) in [5.41, 5.74) is 5.86. The molecule has 0 unspecified atom stereocenters. The second-order valence-corrected chi connectivity index (χ2v) is 6.76. The predicted molar refractivity (Wildman–Crippen MR) is 108 cm³/mol. The predicted octanol–water partition coefficient (Wildman–Crippen LogP) is 3.67. The molecule has 4 rings (SSSR count). The van der Waals surface area contributed by atoms with Crippen molar-refractivity contribution in [2.24, 2.45) is 5.10 Å². The molecule has 3 aromatic rings. The first-order valence-electron chi connectivity index (χ1n) is 8.90. The molecule has 0 bridgehead atoms. The van der Waals surface area contributed by atoms with Crippen molar-refractivity contribution in [2.75, 3.05) is 23.4 Å². The molecular weight excluding hydrogens is 362 g/mol. The van der Waals surface area contributed by atoms with Crippen molar-refractivity contribution in [1.82, 2.24) is 20.0 Å². The lowest BCUT2D eigenvalue weighted by Gasteiger charge is -2.20. The second-order valence-electron chi connectivity index (χ2n) is 6.38. The van der Waals surface area contributed by atoms with E-state index in [1.807, 2.05) is 29.8 Å². The van der Waals surface area contributed by atoms with Crippen molar-refractivity contribution in [1.29, 1.82) is 0 Å². The Hall–Kier alpha value is -2.93. The van der Waals surface area contributed by atoms with Crippen LogP contribution >= 0.6 is 11.6 Å². The molecular formula is C19H20ClN7. The van der Waals surface area contributed by atoms with E-state index in [-0.39, 0.29) is 0 Å². The second kappa shape index (κ2) is 7.75. The molecule has 27 heavy (non-hydrogen) atoms. The molecule has 2 aromatic heterocycles. The maximum atomic E-state index is 5.76. The van der Waals surface area contributed by atoms with E-state index in [2.05, 4.69) is 37.8 Å². The Kier molecular flexibility index (Phi) is 5.02. The number of nitrogens with zero attached hydrogens (tertiary/aromatic N) is 6. The summed E-state index contributed by atoms with van der Waals surface area (Å²) < 4.78 is 2.00. The molecule has 0 saturated carbocycles. The topological polar surface area (TPSA) is 71.2 Å². The number of hydrogen-bond acceptors (Lipinski definition) is 6. The van der Waals surface area contributed by atoms with E-state index < -0.39 is 0 Å². The molecule has 0 spiro atoms. The molecule has 0 radical (unpaired) electrons. The van der Waals surface area contributed by atoms with Crippen molar-refractivity contribution in [3.63, 3.8) is 0 Å². The third-order valence-electron chi connectivity index (χ3n) is 4.49. The third-order valence-corrected chi connectivity index (χ3v) is 4.69. The monoisotopic (exact) mass is 381 g/mol. The number of para-hydroxylation sites is 1. The molecule has 0 atom stereocenters. The van der Waals surface area contributed by atoms with E-state index in [4.69, 9.17) is 16.7 Å². The van der Waals surface area contributed by atoms with Crippen LogP contribution < -0.4 is 10.3 Å². The number of aromatic nitrogens is 4. The fraction of sp³-hybridized carbons (Fsp3) is 0.263. The minimum Gasteiger partial charge on any atom is -0.356 e. The van der Waals surface area contributed by atoms with E-state index in [0.29, 0.717) is 11.0 Å². The highest BCUT2D eigenvalue weighted by molar-refractivity contribution is 6.29. The van der Waals surface area contributed by atoms with Crippen molar-refractivity contribution in [3.05, 3.63) is 58.9 Å².